The lowest BCUT2D eigenvalue weighted by Crippen LogP contribution is -1.82. The lowest BCUT2D eigenvalue weighted by atomic mass is 10.0. The third-order valence-electron chi connectivity index (χ3n) is 2.28. The first-order valence-electron chi connectivity index (χ1n) is 4.69. The van der Waals surface area contributed by atoms with E-state index in [1.165, 1.54) is 12.1 Å². The van der Waals surface area contributed by atoms with Crippen molar-refractivity contribution in [1.29, 1.82) is 0 Å². The molecule has 0 saturated heterocycles. The van der Waals surface area contributed by atoms with Crippen molar-refractivity contribution in [3.8, 4) is 11.1 Å². The highest BCUT2D eigenvalue weighted by molar-refractivity contribution is 6.33. The SMILES string of the molecule is Cc1ccc(Cl)c(-c2ccc(F)cc2)c1. The van der Waals surface area contributed by atoms with E-state index < -0.39 is 0 Å². The van der Waals surface area contributed by atoms with Gasteiger partial charge in [0, 0.05) is 10.6 Å². The molecule has 0 aliphatic heterocycles. The quantitative estimate of drug-likeness (QED) is 0.666. The Morgan fingerprint density at radius 1 is 1.00 bits per heavy atom. The second-order valence-corrected chi connectivity index (χ2v) is 3.90. The largest absolute Gasteiger partial charge is 0.207 e. The molecule has 0 heterocycles. The van der Waals surface area contributed by atoms with E-state index in [4.69, 9.17) is 11.6 Å². The van der Waals surface area contributed by atoms with E-state index in [1.807, 2.05) is 25.1 Å². The molecular weight excluding hydrogens is 211 g/mol. The van der Waals surface area contributed by atoms with Gasteiger partial charge < -0.3 is 0 Å². The first-order chi connectivity index (χ1) is 7.16. The van der Waals surface area contributed by atoms with Gasteiger partial charge in [-0.05, 0) is 36.8 Å². The molecule has 0 fully saturated rings. The van der Waals surface area contributed by atoms with Crippen molar-refractivity contribution in [3.63, 3.8) is 0 Å². The molecular formula is C13H10ClF. The third-order valence-corrected chi connectivity index (χ3v) is 2.61. The van der Waals surface area contributed by atoms with E-state index in [9.17, 15) is 4.39 Å². The van der Waals surface area contributed by atoms with Crippen LogP contribution in [0.2, 0.25) is 5.02 Å². The molecule has 0 bridgehead atoms. The lowest BCUT2D eigenvalue weighted by Gasteiger charge is -2.05. The van der Waals surface area contributed by atoms with Gasteiger partial charge in [0.15, 0.2) is 0 Å². The fourth-order valence-electron chi connectivity index (χ4n) is 1.49. The van der Waals surface area contributed by atoms with Gasteiger partial charge in [0.1, 0.15) is 5.82 Å². The van der Waals surface area contributed by atoms with Gasteiger partial charge in [0.05, 0.1) is 0 Å². The predicted octanol–water partition coefficient (Wildman–Crippen LogP) is 4.45. The molecule has 0 radical (unpaired) electrons. The summed E-state index contributed by atoms with van der Waals surface area (Å²) in [5, 5.41) is 0.687. The van der Waals surface area contributed by atoms with Crippen LogP contribution < -0.4 is 0 Å². The maximum Gasteiger partial charge on any atom is 0.123 e. The lowest BCUT2D eigenvalue weighted by molar-refractivity contribution is 0.628. The van der Waals surface area contributed by atoms with Crippen LogP contribution in [0.1, 0.15) is 5.56 Å². The van der Waals surface area contributed by atoms with Crippen molar-refractivity contribution in [2.24, 2.45) is 0 Å². The van der Waals surface area contributed by atoms with Crippen LogP contribution in [-0.2, 0) is 0 Å². The second kappa shape index (κ2) is 4.03. The Morgan fingerprint density at radius 3 is 2.33 bits per heavy atom. The van der Waals surface area contributed by atoms with Gasteiger partial charge in [-0.15, -0.1) is 0 Å². The Morgan fingerprint density at radius 2 is 1.67 bits per heavy atom. The summed E-state index contributed by atoms with van der Waals surface area (Å²) < 4.78 is 12.7. The average molecular weight is 221 g/mol. The molecule has 2 aromatic carbocycles. The van der Waals surface area contributed by atoms with E-state index in [1.54, 1.807) is 12.1 Å². The Balaban J connectivity index is 2.53. The molecule has 2 heteroatoms. The van der Waals surface area contributed by atoms with Crippen LogP contribution in [0.25, 0.3) is 11.1 Å². The molecule has 0 amide bonds. The number of benzene rings is 2. The Kier molecular flexibility index (Phi) is 2.74. The predicted molar refractivity (Wildman–Crippen MR) is 61.6 cm³/mol. The summed E-state index contributed by atoms with van der Waals surface area (Å²) in [6.07, 6.45) is 0. The summed E-state index contributed by atoms with van der Waals surface area (Å²) in [5.41, 5.74) is 3.01. The minimum Gasteiger partial charge on any atom is -0.207 e. The molecule has 0 nitrogen and oxygen atoms in total. The van der Waals surface area contributed by atoms with Crippen molar-refractivity contribution in [2.75, 3.05) is 0 Å². The van der Waals surface area contributed by atoms with Crippen molar-refractivity contribution in [3.05, 3.63) is 58.9 Å². The minimum absolute atomic E-state index is 0.234. The Bertz CT molecular complexity index is 474. The van der Waals surface area contributed by atoms with Crippen LogP contribution in [0.4, 0.5) is 4.39 Å². The van der Waals surface area contributed by atoms with E-state index in [0.29, 0.717) is 5.02 Å². The summed E-state index contributed by atoms with van der Waals surface area (Å²) >= 11 is 6.08. The van der Waals surface area contributed by atoms with Gasteiger partial charge in [-0.25, -0.2) is 4.39 Å². The summed E-state index contributed by atoms with van der Waals surface area (Å²) in [6.45, 7) is 2.00. The maximum atomic E-state index is 12.7. The van der Waals surface area contributed by atoms with Gasteiger partial charge in [-0.2, -0.15) is 0 Å². The van der Waals surface area contributed by atoms with Crippen LogP contribution in [0, 0.1) is 12.7 Å². The van der Waals surface area contributed by atoms with E-state index in [-0.39, 0.29) is 5.82 Å². The molecule has 2 aromatic rings. The molecule has 0 aliphatic carbocycles. The third kappa shape index (κ3) is 2.18. The molecule has 0 unspecified atom stereocenters. The van der Waals surface area contributed by atoms with Crippen molar-refractivity contribution < 1.29 is 4.39 Å². The van der Waals surface area contributed by atoms with E-state index >= 15 is 0 Å². The molecule has 15 heavy (non-hydrogen) atoms. The molecule has 0 aliphatic rings. The maximum absolute atomic E-state index is 12.7. The topological polar surface area (TPSA) is 0 Å². The minimum atomic E-state index is -0.234. The summed E-state index contributed by atoms with van der Waals surface area (Å²) in [6, 6.07) is 12.1. The van der Waals surface area contributed by atoms with Gasteiger partial charge >= 0.3 is 0 Å². The number of rotatable bonds is 1. The first-order valence-corrected chi connectivity index (χ1v) is 5.07. The summed E-state index contributed by atoms with van der Waals surface area (Å²) in [5.74, 6) is -0.234. The zero-order valence-electron chi connectivity index (χ0n) is 8.30. The highest BCUT2D eigenvalue weighted by Crippen LogP contribution is 2.28. The number of aryl methyl sites for hydroxylation is 1. The van der Waals surface area contributed by atoms with Crippen molar-refractivity contribution in [2.45, 2.75) is 6.92 Å². The standard InChI is InChI=1S/C13H10ClF/c1-9-2-7-13(14)12(8-9)10-3-5-11(15)6-4-10/h2-8H,1H3. The summed E-state index contributed by atoms with van der Waals surface area (Å²) in [4.78, 5) is 0. The monoisotopic (exact) mass is 220 g/mol. The number of halogens is 2. The Hall–Kier alpha value is -1.34. The van der Waals surface area contributed by atoms with Gasteiger partial charge in [-0.3, -0.25) is 0 Å². The van der Waals surface area contributed by atoms with Gasteiger partial charge in [0.2, 0.25) is 0 Å². The zero-order valence-corrected chi connectivity index (χ0v) is 9.05. The highest BCUT2D eigenvalue weighted by atomic mass is 35.5. The smallest absolute Gasteiger partial charge is 0.123 e. The zero-order chi connectivity index (χ0) is 10.8. The van der Waals surface area contributed by atoms with Gasteiger partial charge in [-0.1, -0.05) is 35.4 Å². The van der Waals surface area contributed by atoms with Crippen LogP contribution in [0.15, 0.2) is 42.5 Å². The Labute approximate surface area is 93.3 Å². The molecule has 0 N–H and O–H groups in total. The second-order valence-electron chi connectivity index (χ2n) is 3.49. The molecule has 0 aromatic heterocycles. The van der Waals surface area contributed by atoms with Crippen molar-refractivity contribution in [1.82, 2.24) is 0 Å². The highest BCUT2D eigenvalue weighted by Gasteiger charge is 2.03. The fraction of sp³-hybridized carbons (Fsp3) is 0.0769. The normalized spacial score (nSPS) is 10.3. The van der Waals surface area contributed by atoms with Crippen LogP contribution >= 0.6 is 11.6 Å². The molecule has 76 valence electrons. The van der Waals surface area contributed by atoms with Crippen molar-refractivity contribution >= 4 is 11.6 Å². The number of hydrogen-bond acceptors (Lipinski definition) is 0. The first kappa shape index (κ1) is 10.2. The van der Waals surface area contributed by atoms with Gasteiger partial charge in [0.25, 0.3) is 0 Å². The fourth-order valence-corrected chi connectivity index (χ4v) is 1.72. The van der Waals surface area contributed by atoms with Crippen LogP contribution in [-0.4, -0.2) is 0 Å². The molecule has 2 rings (SSSR count). The number of hydrogen-bond donors (Lipinski definition) is 0. The van der Waals surface area contributed by atoms with E-state index in [0.717, 1.165) is 16.7 Å². The van der Waals surface area contributed by atoms with Crippen LogP contribution in [0.3, 0.4) is 0 Å². The average Bonchev–Trinajstić information content (AvgIpc) is 2.23. The van der Waals surface area contributed by atoms with E-state index in [2.05, 4.69) is 0 Å². The molecule has 0 spiro atoms. The molecule has 0 atom stereocenters. The summed E-state index contributed by atoms with van der Waals surface area (Å²) in [7, 11) is 0. The van der Waals surface area contributed by atoms with Crippen LogP contribution in [0.5, 0.6) is 0 Å². The molecule has 0 saturated carbocycles.